The summed E-state index contributed by atoms with van der Waals surface area (Å²) in [6, 6.07) is 0. The minimum absolute atomic E-state index is 0.0624. The molecule has 0 amide bonds. The Bertz CT molecular complexity index is 262. The molecule has 1 aliphatic rings. The van der Waals surface area contributed by atoms with E-state index >= 15 is 0 Å². The first-order chi connectivity index (χ1) is 7.23. The van der Waals surface area contributed by atoms with Gasteiger partial charge < -0.3 is 4.74 Å². The van der Waals surface area contributed by atoms with E-state index in [1.165, 1.54) is 0 Å². The van der Waals surface area contributed by atoms with Gasteiger partial charge in [0.2, 0.25) is 0 Å². The second-order valence-corrected chi connectivity index (χ2v) is 6.14. The van der Waals surface area contributed by atoms with Gasteiger partial charge in [0.25, 0.3) is 0 Å². The number of Topliss-reactive ketones (excluding diaryl/α,β-unsaturated/α-hetero) is 1. The predicted octanol–water partition coefficient (Wildman–Crippen LogP) is 3.59. The maximum atomic E-state index is 12.4. The first-order valence-corrected chi connectivity index (χ1v) is 6.47. The van der Waals surface area contributed by atoms with Gasteiger partial charge in [0.05, 0.1) is 11.2 Å². The monoisotopic (exact) mass is 226 g/mol. The molecule has 94 valence electrons. The van der Waals surface area contributed by atoms with Crippen molar-refractivity contribution in [3.8, 4) is 0 Å². The average molecular weight is 226 g/mol. The Labute approximate surface area is 99.8 Å². The zero-order valence-corrected chi connectivity index (χ0v) is 11.6. The van der Waals surface area contributed by atoms with Crippen LogP contribution < -0.4 is 0 Å². The molecule has 0 aliphatic carbocycles. The molecule has 1 rings (SSSR count). The fourth-order valence-corrected chi connectivity index (χ4v) is 2.98. The van der Waals surface area contributed by atoms with Gasteiger partial charge in [0, 0.05) is 11.8 Å². The van der Waals surface area contributed by atoms with Crippen LogP contribution in [0, 0.1) is 11.8 Å². The molecule has 16 heavy (non-hydrogen) atoms. The van der Waals surface area contributed by atoms with Gasteiger partial charge in [-0.3, -0.25) is 4.79 Å². The molecular weight excluding hydrogens is 200 g/mol. The Kier molecular flexibility index (Phi) is 3.83. The summed E-state index contributed by atoms with van der Waals surface area (Å²) in [6.07, 6.45) is 2.75. The molecule has 0 N–H and O–H groups in total. The molecule has 0 saturated carbocycles. The van der Waals surface area contributed by atoms with Crippen molar-refractivity contribution in [3.63, 3.8) is 0 Å². The van der Waals surface area contributed by atoms with Crippen LogP contribution in [0.25, 0.3) is 0 Å². The van der Waals surface area contributed by atoms with E-state index in [9.17, 15) is 4.79 Å². The molecular formula is C14H26O2. The molecule has 0 aromatic carbocycles. The van der Waals surface area contributed by atoms with Crippen molar-refractivity contribution in [2.75, 3.05) is 0 Å². The summed E-state index contributed by atoms with van der Waals surface area (Å²) in [5.41, 5.74) is -0.459. The van der Waals surface area contributed by atoms with Crippen molar-refractivity contribution < 1.29 is 9.53 Å². The highest BCUT2D eigenvalue weighted by Gasteiger charge is 2.49. The van der Waals surface area contributed by atoms with Gasteiger partial charge in [-0.1, -0.05) is 13.8 Å². The third-order valence-corrected chi connectivity index (χ3v) is 3.81. The van der Waals surface area contributed by atoms with Crippen LogP contribution in [0.5, 0.6) is 0 Å². The molecule has 1 unspecified atom stereocenters. The largest absolute Gasteiger partial charge is 0.369 e. The summed E-state index contributed by atoms with van der Waals surface area (Å²) in [4.78, 5) is 12.4. The van der Waals surface area contributed by atoms with Gasteiger partial charge in [0.1, 0.15) is 5.78 Å². The van der Waals surface area contributed by atoms with Gasteiger partial charge >= 0.3 is 0 Å². The fourth-order valence-electron chi connectivity index (χ4n) is 2.98. The lowest BCUT2D eigenvalue weighted by atomic mass is 9.78. The van der Waals surface area contributed by atoms with Crippen molar-refractivity contribution in [2.24, 2.45) is 11.8 Å². The van der Waals surface area contributed by atoms with Gasteiger partial charge in [-0.2, -0.15) is 0 Å². The van der Waals surface area contributed by atoms with E-state index in [0.717, 1.165) is 19.3 Å². The Hall–Kier alpha value is -0.370. The molecule has 1 saturated heterocycles. The van der Waals surface area contributed by atoms with Crippen molar-refractivity contribution in [2.45, 2.75) is 72.0 Å². The molecule has 0 radical (unpaired) electrons. The van der Waals surface area contributed by atoms with Crippen LogP contribution in [0.3, 0.4) is 0 Å². The number of carbonyl (C=O) groups is 1. The molecule has 2 nitrogen and oxygen atoms in total. The van der Waals surface area contributed by atoms with Crippen molar-refractivity contribution in [1.82, 2.24) is 0 Å². The summed E-state index contributed by atoms with van der Waals surface area (Å²) in [6.45, 7) is 12.4. The fraction of sp³-hybridized carbons (Fsp3) is 0.929. The minimum atomic E-state index is -0.302. The van der Waals surface area contributed by atoms with E-state index in [4.69, 9.17) is 4.74 Å². The third kappa shape index (κ3) is 2.65. The summed E-state index contributed by atoms with van der Waals surface area (Å²) in [7, 11) is 0. The number of rotatable bonds is 4. The standard InChI is InChI=1S/C14H26O2/c1-7-10(8-2)12(15)11-9-13(3,4)16-14(11,5)6/h10-11H,7-9H2,1-6H3. The van der Waals surface area contributed by atoms with Crippen LogP contribution >= 0.6 is 0 Å². The molecule has 1 fully saturated rings. The van der Waals surface area contributed by atoms with E-state index in [1.807, 2.05) is 13.8 Å². The highest BCUT2D eigenvalue weighted by molar-refractivity contribution is 5.84. The number of hydrogen-bond donors (Lipinski definition) is 0. The predicted molar refractivity (Wildman–Crippen MR) is 66.4 cm³/mol. The van der Waals surface area contributed by atoms with Gasteiger partial charge in [-0.05, 0) is 47.0 Å². The maximum absolute atomic E-state index is 12.4. The molecule has 0 bridgehead atoms. The minimum Gasteiger partial charge on any atom is -0.369 e. The van der Waals surface area contributed by atoms with Gasteiger partial charge in [-0.25, -0.2) is 0 Å². The van der Waals surface area contributed by atoms with E-state index in [-0.39, 0.29) is 23.0 Å². The molecule has 0 aromatic rings. The molecule has 1 aliphatic heterocycles. The molecule has 2 heteroatoms. The highest BCUT2D eigenvalue weighted by atomic mass is 16.5. The van der Waals surface area contributed by atoms with Crippen molar-refractivity contribution in [1.29, 1.82) is 0 Å². The summed E-state index contributed by atoms with van der Waals surface area (Å²) in [5, 5.41) is 0. The van der Waals surface area contributed by atoms with Crippen LogP contribution in [0.1, 0.15) is 60.8 Å². The Morgan fingerprint density at radius 1 is 1.25 bits per heavy atom. The lowest BCUT2D eigenvalue weighted by molar-refractivity contribution is -0.133. The zero-order valence-electron chi connectivity index (χ0n) is 11.6. The molecule has 1 heterocycles. The molecule has 0 aromatic heterocycles. The molecule has 0 spiro atoms. The van der Waals surface area contributed by atoms with Crippen LogP contribution in [-0.4, -0.2) is 17.0 Å². The topological polar surface area (TPSA) is 26.3 Å². The summed E-state index contributed by atoms with van der Waals surface area (Å²) in [5.74, 6) is 0.676. The lowest BCUT2D eigenvalue weighted by Crippen LogP contribution is -2.36. The quantitative estimate of drug-likeness (QED) is 0.732. The van der Waals surface area contributed by atoms with Crippen LogP contribution in [0.4, 0.5) is 0 Å². The van der Waals surface area contributed by atoms with E-state index < -0.39 is 0 Å². The number of hydrogen-bond acceptors (Lipinski definition) is 2. The van der Waals surface area contributed by atoms with Gasteiger partial charge in [0.15, 0.2) is 0 Å². The van der Waals surface area contributed by atoms with Crippen LogP contribution in [0.2, 0.25) is 0 Å². The zero-order chi connectivity index (χ0) is 12.6. The smallest absolute Gasteiger partial charge is 0.141 e. The number of ether oxygens (including phenoxy) is 1. The lowest BCUT2D eigenvalue weighted by Gasteiger charge is -2.28. The maximum Gasteiger partial charge on any atom is 0.141 e. The number of carbonyl (C=O) groups excluding carboxylic acids is 1. The first kappa shape index (κ1) is 13.7. The van der Waals surface area contributed by atoms with Crippen molar-refractivity contribution in [3.05, 3.63) is 0 Å². The van der Waals surface area contributed by atoms with E-state index in [0.29, 0.717) is 5.78 Å². The van der Waals surface area contributed by atoms with Crippen LogP contribution in [0.15, 0.2) is 0 Å². The Balaban J connectivity index is 2.84. The Morgan fingerprint density at radius 2 is 1.75 bits per heavy atom. The summed E-state index contributed by atoms with van der Waals surface area (Å²) < 4.78 is 5.99. The normalized spacial score (nSPS) is 27.3. The van der Waals surface area contributed by atoms with Gasteiger partial charge in [-0.15, -0.1) is 0 Å². The second kappa shape index (κ2) is 4.48. The van der Waals surface area contributed by atoms with E-state index in [2.05, 4.69) is 27.7 Å². The first-order valence-electron chi connectivity index (χ1n) is 6.47. The highest BCUT2D eigenvalue weighted by Crippen LogP contribution is 2.43. The second-order valence-electron chi connectivity index (χ2n) is 6.14. The van der Waals surface area contributed by atoms with Crippen molar-refractivity contribution >= 4 is 5.78 Å². The molecule has 1 atom stereocenters. The third-order valence-electron chi connectivity index (χ3n) is 3.81. The Morgan fingerprint density at radius 3 is 2.06 bits per heavy atom. The van der Waals surface area contributed by atoms with Crippen LogP contribution in [-0.2, 0) is 9.53 Å². The number of ketones is 1. The summed E-state index contributed by atoms with van der Waals surface area (Å²) >= 11 is 0. The average Bonchev–Trinajstić information content (AvgIpc) is 2.36. The SMILES string of the molecule is CCC(CC)C(=O)C1CC(C)(C)OC1(C)C. The van der Waals surface area contributed by atoms with E-state index in [1.54, 1.807) is 0 Å².